The van der Waals surface area contributed by atoms with Crippen LogP contribution in [-0.2, 0) is 21.0 Å². The van der Waals surface area contributed by atoms with E-state index in [9.17, 15) is 26.4 Å². The number of benzene rings is 3. The standard InChI is InChI=1S/C28H30F3N3O3S/c1-21(2)22-11-13-24(14-12-22)34(38(36,37)26-9-4-3-5-10-26)20-27(35)33-17-15-32(16-18-33)25-8-6-7-23(19-25)28(29,30)31/h3-14,19,21H,15-18,20H2,1-2H3. The molecule has 4 rings (SSSR count). The van der Waals surface area contributed by atoms with E-state index >= 15 is 0 Å². The van der Waals surface area contributed by atoms with Crippen molar-refractivity contribution < 1.29 is 26.4 Å². The zero-order valence-electron chi connectivity index (χ0n) is 21.2. The average Bonchev–Trinajstić information content (AvgIpc) is 2.92. The first kappa shape index (κ1) is 27.5. The van der Waals surface area contributed by atoms with Crippen molar-refractivity contribution in [3.8, 4) is 0 Å². The Morgan fingerprint density at radius 2 is 1.53 bits per heavy atom. The molecule has 0 spiro atoms. The summed E-state index contributed by atoms with van der Waals surface area (Å²) in [6.45, 7) is 4.89. The third kappa shape index (κ3) is 6.12. The number of hydrogen-bond acceptors (Lipinski definition) is 4. The van der Waals surface area contributed by atoms with Gasteiger partial charge in [-0.15, -0.1) is 0 Å². The van der Waals surface area contributed by atoms with Crippen LogP contribution in [0.5, 0.6) is 0 Å². The summed E-state index contributed by atoms with van der Waals surface area (Å²) in [5.41, 5.74) is 1.14. The molecule has 1 aliphatic rings. The molecule has 1 aliphatic heterocycles. The molecule has 10 heteroatoms. The number of carbonyl (C=O) groups excluding carboxylic acids is 1. The van der Waals surface area contributed by atoms with Crippen molar-refractivity contribution in [3.05, 3.63) is 90.0 Å². The highest BCUT2D eigenvalue weighted by Gasteiger charge is 2.32. The minimum absolute atomic E-state index is 0.0788. The zero-order chi connectivity index (χ0) is 27.5. The Hall–Kier alpha value is -3.53. The molecule has 0 radical (unpaired) electrons. The molecule has 0 atom stereocenters. The number of nitrogens with zero attached hydrogens (tertiary/aromatic N) is 3. The minimum Gasteiger partial charge on any atom is -0.368 e. The molecule has 6 nitrogen and oxygen atoms in total. The molecule has 0 saturated carbocycles. The van der Waals surface area contributed by atoms with Crippen LogP contribution >= 0.6 is 0 Å². The molecule has 38 heavy (non-hydrogen) atoms. The van der Waals surface area contributed by atoms with Crippen molar-refractivity contribution >= 4 is 27.3 Å². The van der Waals surface area contributed by atoms with Gasteiger partial charge in [0.15, 0.2) is 0 Å². The van der Waals surface area contributed by atoms with Gasteiger partial charge in [-0.1, -0.05) is 50.2 Å². The molecule has 0 N–H and O–H groups in total. The van der Waals surface area contributed by atoms with Crippen molar-refractivity contribution in [3.63, 3.8) is 0 Å². The molecule has 3 aromatic carbocycles. The van der Waals surface area contributed by atoms with Crippen LogP contribution in [0, 0.1) is 0 Å². The predicted molar refractivity (Wildman–Crippen MR) is 142 cm³/mol. The first-order chi connectivity index (χ1) is 18.0. The fraction of sp³-hybridized carbons (Fsp3) is 0.321. The van der Waals surface area contributed by atoms with Crippen LogP contribution in [0.25, 0.3) is 0 Å². The highest BCUT2D eigenvalue weighted by Crippen LogP contribution is 2.32. The van der Waals surface area contributed by atoms with Crippen LogP contribution in [-0.4, -0.2) is 51.9 Å². The van der Waals surface area contributed by atoms with Gasteiger partial charge in [0.05, 0.1) is 16.1 Å². The van der Waals surface area contributed by atoms with Crippen LogP contribution in [0.4, 0.5) is 24.5 Å². The largest absolute Gasteiger partial charge is 0.416 e. The number of rotatable bonds is 7. The van der Waals surface area contributed by atoms with Crippen LogP contribution in [0.1, 0.15) is 30.9 Å². The molecule has 3 aromatic rings. The zero-order valence-corrected chi connectivity index (χ0v) is 22.0. The Labute approximate surface area is 221 Å². The molecule has 0 aliphatic carbocycles. The molecule has 0 unspecified atom stereocenters. The summed E-state index contributed by atoms with van der Waals surface area (Å²) in [5.74, 6) is -0.112. The van der Waals surface area contributed by atoms with E-state index in [0.717, 1.165) is 22.0 Å². The van der Waals surface area contributed by atoms with E-state index in [0.29, 0.717) is 24.5 Å². The lowest BCUT2D eigenvalue weighted by Gasteiger charge is -2.37. The van der Waals surface area contributed by atoms with Gasteiger partial charge >= 0.3 is 6.18 Å². The number of piperazine rings is 1. The molecule has 1 saturated heterocycles. The first-order valence-corrected chi connectivity index (χ1v) is 13.8. The van der Waals surface area contributed by atoms with Gasteiger partial charge in [0.2, 0.25) is 5.91 Å². The van der Waals surface area contributed by atoms with Gasteiger partial charge in [-0.25, -0.2) is 8.42 Å². The maximum absolute atomic E-state index is 13.6. The Kier molecular flexibility index (Phi) is 8.01. The lowest BCUT2D eigenvalue weighted by Crippen LogP contribution is -2.52. The molecule has 202 valence electrons. The van der Waals surface area contributed by atoms with E-state index in [1.54, 1.807) is 46.2 Å². The number of hydrogen-bond donors (Lipinski definition) is 0. The van der Waals surface area contributed by atoms with Crippen molar-refractivity contribution in [2.75, 3.05) is 41.9 Å². The molecule has 0 bridgehead atoms. The molecular weight excluding hydrogens is 515 g/mol. The molecule has 1 fully saturated rings. The maximum atomic E-state index is 13.6. The highest BCUT2D eigenvalue weighted by atomic mass is 32.2. The van der Waals surface area contributed by atoms with Crippen LogP contribution in [0.2, 0.25) is 0 Å². The van der Waals surface area contributed by atoms with Crippen LogP contribution in [0.15, 0.2) is 83.8 Å². The summed E-state index contributed by atoms with van der Waals surface area (Å²) in [5, 5.41) is 0. The fourth-order valence-electron chi connectivity index (χ4n) is 4.38. The van der Waals surface area contributed by atoms with Crippen molar-refractivity contribution in [1.82, 2.24) is 4.90 Å². The van der Waals surface area contributed by atoms with Crippen molar-refractivity contribution in [2.24, 2.45) is 0 Å². The normalized spacial score (nSPS) is 14.6. The van der Waals surface area contributed by atoms with Crippen molar-refractivity contribution in [1.29, 1.82) is 0 Å². The highest BCUT2D eigenvalue weighted by molar-refractivity contribution is 7.92. The van der Waals surface area contributed by atoms with Gasteiger partial charge in [-0.3, -0.25) is 9.10 Å². The molecule has 1 amide bonds. The third-order valence-corrected chi connectivity index (χ3v) is 8.42. The summed E-state index contributed by atoms with van der Waals surface area (Å²) >= 11 is 0. The topological polar surface area (TPSA) is 60.9 Å². The Bertz CT molecular complexity index is 1350. The fourth-order valence-corrected chi connectivity index (χ4v) is 5.81. The first-order valence-electron chi connectivity index (χ1n) is 12.3. The summed E-state index contributed by atoms with van der Waals surface area (Å²) in [4.78, 5) is 16.7. The Balaban J connectivity index is 1.52. The van der Waals surface area contributed by atoms with E-state index in [1.165, 1.54) is 18.2 Å². The second kappa shape index (κ2) is 11.1. The lowest BCUT2D eigenvalue weighted by atomic mass is 10.0. The number of alkyl halides is 3. The Morgan fingerprint density at radius 3 is 2.11 bits per heavy atom. The third-order valence-electron chi connectivity index (χ3n) is 6.63. The Morgan fingerprint density at radius 1 is 0.895 bits per heavy atom. The summed E-state index contributed by atoms with van der Waals surface area (Å²) in [6.07, 6.45) is -4.44. The van der Waals surface area contributed by atoms with E-state index < -0.39 is 21.8 Å². The molecule has 1 heterocycles. The van der Waals surface area contributed by atoms with E-state index in [1.807, 2.05) is 26.0 Å². The summed E-state index contributed by atoms with van der Waals surface area (Å²) < 4.78 is 67.6. The van der Waals surface area contributed by atoms with Gasteiger partial charge in [0.25, 0.3) is 10.0 Å². The quantitative estimate of drug-likeness (QED) is 0.401. The second-order valence-electron chi connectivity index (χ2n) is 9.49. The van der Waals surface area contributed by atoms with Gasteiger partial charge in [0, 0.05) is 31.9 Å². The lowest BCUT2D eigenvalue weighted by molar-refractivity contribution is -0.137. The minimum atomic E-state index is -4.44. The average molecular weight is 546 g/mol. The molecule has 0 aromatic heterocycles. The SMILES string of the molecule is CC(C)c1ccc(N(CC(=O)N2CCN(c3cccc(C(F)(F)F)c3)CC2)S(=O)(=O)c2ccccc2)cc1. The summed E-state index contributed by atoms with van der Waals surface area (Å²) in [7, 11) is -4.02. The smallest absolute Gasteiger partial charge is 0.368 e. The molecular formula is C28H30F3N3O3S. The van der Waals surface area contributed by atoms with E-state index in [-0.39, 0.29) is 36.4 Å². The number of sulfonamides is 1. The number of carbonyl (C=O) groups is 1. The van der Waals surface area contributed by atoms with Crippen molar-refractivity contribution in [2.45, 2.75) is 30.8 Å². The van der Waals surface area contributed by atoms with Gasteiger partial charge in [0.1, 0.15) is 6.54 Å². The number of anilines is 2. The van der Waals surface area contributed by atoms with Crippen LogP contribution in [0.3, 0.4) is 0 Å². The maximum Gasteiger partial charge on any atom is 0.416 e. The van der Waals surface area contributed by atoms with Crippen LogP contribution < -0.4 is 9.21 Å². The van der Waals surface area contributed by atoms with Gasteiger partial charge in [-0.2, -0.15) is 13.2 Å². The van der Waals surface area contributed by atoms with Gasteiger partial charge in [-0.05, 0) is 53.9 Å². The number of halogens is 3. The monoisotopic (exact) mass is 545 g/mol. The second-order valence-corrected chi connectivity index (χ2v) is 11.3. The summed E-state index contributed by atoms with van der Waals surface area (Å²) in [6, 6.07) is 20.2. The predicted octanol–water partition coefficient (Wildman–Crippen LogP) is 5.37. The van der Waals surface area contributed by atoms with Gasteiger partial charge < -0.3 is 9.80 Å². The van der Waals surface area contributed by atoms with E-state index in [2.05, 4.69) is 0 Å². The number of amides is 1. The van der Waals surface area contributed by atoms with E-state index in [4.69, 9.17) is 0 Å².